The monoisotopic (exact) mass is 153 g/mol. The lowest BCUT2D eigenvalue weighted by Gasteiger charge is -2.08. The van der Waals surface area contributed by atoms with Crippen LogP contribution in [-0.4, -0.2) is 17.2 Å². The molecule has 1 aromatic heterocycles. The zero-order valence-electron chi connectivity index (χ0n) is 7.31. The van der Waals surface area contributed by atoms with Crippen LogP contribution >= 0.6 is 0 Å². The van der Waals surface area contributed by atoms with E-state index in [0.717, 1.165) is 6.42 Å². The van der Waals surface area contributed by atoms with E-state index in [2.05, 4.69) is 29.4 Å². The molecule has 0 amide bonds. The Balaban J connectivity index is 2.83. The fourth-order valence-corrected chi connectivity index (χ4v) is 1.13. The Morgan fingerprint density at radius 2 is 2.45 bits per heavy atom. The van der Waals surface area contributed by atoms with Gasteiger partial charge in [-0.15, -0.1) is 0 Å². The summed E-state index contributed by atoms with van der Waals surface area (Å²) in [4.78, 5) is 0. The van der Waals surface area contributed by atoms with E-state index in [1.807, 2.05) is 13.2 Å². The van der Waals surface area contributed by atoms with Gasteiger partial charge in [0.15, 0.2) is 0 Å². The van der Waals surface area contributed by atoms with Crippen molar-refractivity contribution in [3.05, 3.63) is 17.5 Å². The summed E-state index contributed by atoms with van der Waals surface area (Å²) in [7, 11) is 1.96. The summed E-state index contributed by atoms with van der Waals surface area (Å²) >= 11 is 0. The third-order valence-electron chi connectivity index (χ3n) is 2.00. The molecule has 1 heterocycles. The SMILES string of the molecule is CCc1[nH]ncc1C(C)NC. The predicted molar refractivity (Wildman–Crippen MR) is 45.4 cm³/mol. The molecule has 62 valence electrons. The number of aromatic amines is 1. The van der Waals surface area contributed by atoms with Gasteiger partial charge in [-0.3, -0.25) is 5.10 Å². The maximum absolute atomic E-state index is 4.00. The quantitative estimate of drug-likeness (QED) is 0.686. The minimum absolute atomic E-state index is 0.392. The molecular formula is C8H15N3. The molecular weight excluding hydrogens is 138 g/mol. The summed E-state index contributed by atoms with van der Waals surface area (Å²) in [5.74, 6) is 0. The van der Waals surface area contributed by atoms with Gasteiger partial charge < -0.3 is 5.32 Å². The van der Waals surface area contributed by atoms with Crippen LogP contribution in [0.5, 0.6) is 0 Å². The fourth-order valence-electron chi connectivity index (χ4n) is 1.13. The number of nitrogens with one attached hydrogen (secondary N) is 2. The first-order valence-corrected chi connectivity index (χ1v) is 3.99. The highest BCUT2D eigenvalue weighted by Gasteiger charge is 2.08. The first kappa shape index (κ1) is 8.27. The van der Waals surface area contributed by atoms with Crippen LogP contribution in [-0.2, 0) is 6.42 Å². The molecule has 0 saturated carbocycles. The Hall–Kier alpha value is -0.830. The summed E-state index contributed by atoms with van der Waals surface area (Å²) in [5, 5.41) is 10.2. The second kappa shape index (κ2) is 3.53. The van der Waals surface area contributed by atoms with Crippen LogP contribution in [0.15, 0.2) is 6.20 Å². The van der Waals surface area contributed by atoms with Crippen molar-refractivity contribution >= 4 is 0 Å². The second-order valence-corrected chi connectivity index (χ2v) is 2.67. The van der Waals surface area contributed by atoms with Crippen LogP contribution in [0.4, 0.5) is 0 Å². The molecule has 0 saturated heterocycles. The van der Waals surface area contributed by atoms with Crippen LogP contribution in [0.1, 0.15) is 31.1 Å². The van der Waals surface area contributed by atoms with E-state index in [1.54, 1.807) is 0 Å². The number of rotatable bonds is 3. The standard InChI is InChI=1S/C8H15N3/c1-4-8-7(5-10-11-8)6(2)9-3/h5-6,9H,4H2,1-3H3,(H,10,11). The molecule has 3 nitrogen and oxygen atoms in total. The van der Waals surface area contributed by atoms with E-state index < -0.39 is 0 Å². The van der Waals surface area contributed by atoms with Gasteiger partial charge in [0.2, 0.25) is 0 Å². The van der Waals surface area contributed by atoms with Gasteiger partial charge in [-0.05, 0) is 20.4 Å². The Bertz CT molecular complexity index is 217. The molecule has 1 rings (SSSR count). The van der Waals surface area contributed by atoms with Gasteiger partial charge in [0, 0.05) is 17.3 Å². The molecule has 0 spiro atoms. The molecule has 2 N–H and O–H groups in total. The molecule has 0 fully saturated rings. The number of H-pyrrole nitrogens is 1. The Morgan fingerprint density at radius 3 is 3.00 bits per heavy atom. The van der Waals surface area contributed by atoms with Crippen molar-refractivity contribution in [1.29, 1.82) is 0 Å². The van der Waals surface area contributed by atoms with Gasteiger partial charge in [-0.2, -0.15) is 5.10 Å². The van der Waals surface area contributed by atoms with E-state index in [1.165, 1.54) is 11.3 Å². The molecule has 11 heavy (non-hydrogen) atoms. The predicted octanol–water partition coefficient (Wildman–Crippen LogP) is 1.25. The van der Waals surface area contributed by atoms with Gasteiger partial charge in [-0.25, -0.2) is 0 Å². The van der Waals surface area contributed by atoms with E-state index in [0.29, 0.717) is 6.04 Å². The largest absolute Gasteiger partial charge is 0.313 e. The average Bonchev–Trinajstić information content (AvgIpc) is 2.50. The molecule has 0 aromatic carbocycles. The summed E-state index contributed by atoms with van der Waals surface area (Å²) in [5.41, 5.74) is 2.50. The summed E-state index contributed by atoms with van der Waals surface area (Å²) < 4.78 is 0. The van der Waals surface area contributed by atoms with Crippen LogP contribution < -0.4 is 5.32 Å². The number of hydrogen-bond acceptors (Lipinski definition) is 2. The van der Waals surface area contributed by atoms with Crippen molar-refractivity contribution in [3.8, 4) is 0 Å². The smallest absolute Gasteiger partial charge is 0.0537 e. The molecule has 0 aliphatic rings. The van der Waals surface area contributed by atoms with E-state index in [4.69, 9.17) is 0 Å². The van der Waals surface area contributed by atoms with E-state index in [9.17, 15) is 0 Å². The van der Waals surface area contributed by atoms with E-state index >= 15 is 0 Å². The number of aromatic nitrogens is 2. The van der Waals surface area contributed by atoms with Crippen LogP contribution in [0.2, 0.25) is 0 Å². The first-order chi connectivity index (χ1) is 5.29. The summed E-state index contributed by atoms with van der Waals surface area (Å²) in [6.07, 6.45) is 2.90. The summed E-state index contributed by atoms with van der Waals surface area (Å²) in [6, 6.07) is 0.392. The zero-order chi connectivity index (χ0) is 8.27. The maximum atomic E-state index is 4.00. The molecule has 1 atom stereocenters. The van der Waals surface area contributed by atoms with Crippen LogP contribution in [0, 0.1) is 0 Å². The minimum Gasteiger partial charge on any atom is -0.313 e. The van der Waals surface area contributed by atoms with Gasteiger partial charge in [-0.1, -0.05) is 6.92 Å². The van der Waals surface area contributed by atoms with Crippen molar-refractivity contribution in [1.82, 2.24) is 15.5 Å². The van der Waals surface area contributed by atoms with Crippen molar-refractivity contribution in [2.24, 2.45) is 0 Å². The lowest BCUT2D eigenvalue weighted by molar-refractivity contribution is 0.645. The molecule has 1 aromatic rings. The molecule has 3 heteroatoms. The van der Waals surface area contributed by atoms with Gasteiger partial charge in [0.25, 0.3) is 0 Å². The topological polar surface area (TPSA) is 40.7 Å². The van der Waals surface area contributed by atoms with Crippen molar-refractivity contribution in [3.63, 3.8) is 0 Å². The molecule has 0 aliphatic heterocycles. The third-order valence-corrected chi connectivity index (χ3v) is 2.00. The number of hydrogen-bond donors (Lipinski definition) is 2. The minimum atomic E-state index is 0.392. The fraction of sp³-hybridized carbons (Fsp3) is 0.625. The van der Waals surface area contributed by atoms with Gasteiger partial charge in [0.05, 0.1) is 6.20 Å². The average molecular weight is 153 g/mol. The molecule has 1 unspecified atom stereocenters. The van der Waals surface area contributed by atoms with Crippen LogP contribution in [0.3, 0.4) is 0 Å². The normalized spacial score (nSPS) is 13.4. The Kier molecular flexibility index (Phi) is 2.65. The Morgan fingerprint density at radius 1 is 1.73 bits per heavy atom. The lowest BCUT2D eigenvalue weighted by atomic mass is 10.1. The highest BCUT2D eigenvalue weighted by Crippen LogP contribution is 2.14. The van der Waals surface area contributed by atoms with E-state index in [-0.39, 0.29) is 0 Å². The van der Waals surface area contributed by atoms with Crippen molar-refractivity contribution in [2.75, 3.05) is 7.05 Å². The van der Waals surface area contributed by atoms with Gasteiger partial charge in [0.1, 0.15) is 0 Å². The molecule has 0 aliphatic carbocycles. The molecule has 0 radical (unpaired) electrons. The third kappa shape index (κ3) is 1.60. The number of aryl methyl sites for hydroxylation is 1. The zero-order valence-corrected chi connectivity index (χ0v) is 7.31. The van der Waals surface area contributed by atoms with Crippen molar-refractivity contribution < 1.29 is 0 Å². The first-order valence-electron chi connectivity index (χ1n) is 3.99. The highest BCUT2D eigenvalue weighted by atomic mass is 15.1. The Labute approximate surface area is 67.2 Å². The summed E-state index contributed by atoms with van der Waals surface area (Å²) in [6.45, 7) is 4.25. The van der Waals surface area contributed by atoms with Gasteiger partial charge >= 0.3 is 0 Å². The molecule has 0 bridgehead atoms. The van der Waals surface area contributed by atoms with Crippen LogP contribution in [0.25, 0.3) is 0 Å². The maximum Gasteiger partial charge on any atom is 0.0537 e. The van der Waals surface area contributed by atoms with Crippen molar-refractivity contribution in [2.45, 2.75) is 26.3 Å². The lowest BCUT2D eigenvalue weighted by Crippen LogP contribution is -2.13. The highest BCUT2D eigenvalue weighted by molar-refractivity contribution is 5.19. The number of nitrogens with zero attached hydrogens (tertiary/aromatic N) is 1. The second-order valence-electron chi connectivity index (χ2n) is 2.67.